The van der Waals surface area contributed by atoms with Crippen molar-refractivity contribution in [1.29, 1.82) is 0 Å². The maximum Gasteiger partial charge on any atom is 0.227 e. The first-order valence-electron chi connectivity index (χ1n) is 8.41. The minimum Gasteiger partial charge on any atom is -0.486 e. The smallest absolute Gasteiger partial charge is 0.227 e. The average molecular weight is 329 g/mol. The summed E-state index contributed by atoms with van der Waals surface area (Å²) < 4.78 is 13.4. The molecule has 0 saturated carbocycles. The van der Waals surface area contributed by atoms with Crippen LogP contribution in [0.1, 0.15) is 26.7 Å². The average Bonchev–Trinajstić information content (AvgIpc) is 3.02. The van der Waals surface area contributed by atoms with Crippen LogP contribution in [0.2, 0.25) is 0 Å². The van der Waals surface area contributed by atoms with Gasteiger partial charge in [0.1, 0.15) is 6.61 Å². The third kappa shape index (κ3) is 3.69. The minimum absolute atomic E-state index is 0.0416. The van der Waals surface area contributed by atoms with Gasteiger partial charge in [-0.15, -0.1) is 0 Å². The van der Waals surface area contributed by atoms with E-state index in [1.165, 1.54) is 0 Å². The van der Waals surface area contributed by atoms with Crippen molar-refractivity contribution in [2.24, 2.45) is 5.92 Å². The Balaban J connectivity index is 1.58. The highest BCUT2D eigenvalue weighted by Gasteiger charge is 2.21. The Morgan fingerprint density at radius 1 is 1.33 bits per heavy atom. The summed E-state index contributed by atoms with van der Waals surface area (Å²) in [6, 6.07) is 7.63. The molecule has 3 rings (SSSR count). The van der Waals surface area contributed by atoms with Gasteiger partial charge in [-0.3, -0.25) is 9.48 Å². The van der Waals surface area contributed by atoms with E-state index in [0.717, 1.165) is 24.3 Å². The second-order valence-corrected chi connectivity index (χ2v) is 5.95. The Hall–Kier alpha value is -2.50. The van der Waals surface area contributed by atoms with Crippen LogP contribution in [0, 0.1) is 5.92 Å². The first kappa shape index (κ1) is 16.4. The molecule has 1 atom stereocenters. The van der Waals surface area contributed by atoms with Crippen LogP contribution in [-0.2, 0) is 11.3 Å². The molecule has 1 aromatic heterocycles. The molecule has 1 aliphatic heterocycles. The van der Waals surface area contributed by atoms with E-state index in [9.17, 15) is 4.79 Å². The summed E-state index contributed by atoms with van der Waals surface area (Å²) in [7, 11) is 0. The first-order chi connectivity index (χ1) is 11.7. The summed E-state index contributed by atoms with van der Waals surface area (Å²) >= 11 is 0. The van der Waals surface area contributed by atoms with Crippen molar-refractivity contribution in [3.63, 3.8) is 0 Å². The van der Waals surface area contributed by atoms with E-state index in [0.29, 0.717) is 18.8 Å². The Kier molecular flexibility index (Phi) is 5.03. The Labute approximate surface area is 141 Å². The first-order valence-corrected chi connectivity index (χ1v) is 8.41. The van der Waals surface area contributed by atoms with Gasteiger partial charge in [-0.25, -0.2) is 0 Å². The van der Waals surface area contributed by atoms with Gasteiger partial charge < -0.3 is 14.8 Å². The predicted molar refractivity (Wildman–Crippen MR) is 91.3 cm³/mol. The number of amides is 1. The summed E-state index contributed by atoms with van der Waals surface area (Å²) in [5, 5.41) is 7.22. The van der Waals surface area contributed by atoms with Crippen molar-refractivity contribution in [3.8, 4) is 11.5 Å². The van der Waals surface area contributed by atoms with Crippen LogP contribution in [0.4, 0.5) is 5.69 Å². The number of aromatic nitrogens is 2. The number of rotatable bonds is 6. The normalized spacial score (nSPS) is 16.2. The molecule has 0 saturated heterocycles. The summed E-state index contributed by atoms with van der Waals surface area (Å²) in [6.07, 6.45) is 5.05. The maximum atomic E-state index is 12.1. The highest BCUT2D eigenvalue weighted by atomic mass is 16.6. The zero-order valence-electron chi connectivity index (χ0n) is 14.1. The largest absolute Gasteiger partial charge is 0.486 e. The van der Waals surface area contributed by atoms with E-state index in [1.807, 2.05) is 44.3 Å². The third-order valence-corrected chi connectivity index (χ3v) is 4.22. The summed E-state index contributed by atoms with van der Waals surface area (Å²) in [5.41, 5.74) is 0.712. The highest BCUT2D eigenvalue weighted by Crippen LogP contribution is 2.31. The number of ether oxygens (including phenoxy) is 2. The maximum absolute atomic E-state index is 12.1. The van der Waals surface area contributed by atoms with Crippen LogP contribution in [0.5, 0.6) is 11.5 Å². The SMILES string of the molecule is CCC(CC)C(=O)Nc1cnn(CC2COc3ccccc3O2)c1. The van der Waals surface area contributed by atoms with Gasteiger partial charge in [0, 0.05) is 12.1 Å². The lowest BCUT2D eigenvalue weighted by Gasteiger charge is -2.26. The lowest BCUT2D eigenvalue weighted by molar-refractivity contribution is -0.120. The molecule has 1 aromatic carbocycles. The lowest BCUT2D eigenvalue weighted by Crippen LogP contribution is -2.33. The van der Waals surface area contributed by atoms with E-state index < -0.39 is 0 Å². The molecule has 1 unspecified atom stereocenters. The fraction of sp³-hybridized carbons (Fsp3) is 0.444. The number of anilines is 1. The third-order valence-electron chi connectivity index (χ3n) is 4.22. The van der Waals surface area contributed by atoms with Crippen LogP contribution < -0.4 is 14.8 Å². The molecule has 0 fully saturated rings. The molecule has 1 aliphatic rings. The van der Waals surface area contributed by atoms with E-state index in [2.05, 4.69) is 10.4 Å². The van der Waals surface area contributed by atoms with Gasteiger partial charge in [-0.05, 0) is 25.0 Å². The summed E-state index contributed by atoms with van der Waals surface area (Å²) in [5.74, 6) is 1.61. The van der Waals surface area contributed by atoms with Crippen molar-refractivity contribution in [2.45, 2.75) is 39.3 Å². The van der Waals surface area contributed by atoms with Crippen LogP contribution in [0.3, 0.4) is 0 Å². The predicted octanol–water partition coefficient (Wildman–Crippen LogP) is 3.10. The number of nitrogens with zero attached hydrogens (tertiary/aromatic N) is 2. The zero-order valence-corrected chi connectivity index (χ0v) is 14.1. The minimum atomic E-state index is -0.109. The standard InChI is InChI=1S/C18H23N3O3/c1-3-13(4-2)18(22)20-14-9-19-21(10-14)11-15-12-23-16-7-5-6-8-17(16)24-15/h5-10,13,15H,3-4,11-12H2,1-2H3,(H,20,22). The fourth-order valence-electron chi connectivity index (χ4n) is 2.79. The number of hydrogen-bond donors (Lipinski definition) is 1. The van der Waals surface area contributed by atoms with Gasteiger partial charge in [0.05, 0.1) is 18.4 Å². The number of carbonyl (C=O) groups is 1. The molecule has 0 aliphatic carbocycles. The van der Waals surface area contributed by atoms with Crippen LogP contribution >= 0.6 is 0 Å². The Bertz CT molecular complexity index is 694. The van der Waals surface area contributed by atoms with Gasteiger partial charge >= 0.3 is 0 Å². The Morgan fingerprint density at radius 2 is 2.08 bits per heavy atom. The molecule has 24 heavy (non-hydrogen) atoms. The van der Waals surface area contributed by atoms with E-state index in [-0.39, 0.29) is 17.9 Å². The lowest BCUT2D eigenvalue weighted by atomic mass is 10.0. The number of nitrogens with one attached hydrogen (secondary N) is 1. The van der Waals surface area contributed by atoms with Crippen molar-refractivity contribution >= 4 is 11.6 Å². The quantitative estimate of drug-likeness (QED) is 0.884. The summed E-state index contributed by atoms with van der Waals surface area (Å²) in [6.45, 7) is 5.09. The topological polar surface area (TPSA) is 65.4 Å². The van der Waals surface area contributed by atoms with E-state index in [4.69, 9.17) is 9.47 Å². The van der Waals surface area contributed by atoms with E-state index in [1.54, 1.807) is 10.9 Å². The molecule has 2 aromatic rings. The molecular weight excluding hydrogens is 306 g/mol. The molecule has 6 heteroatoms. The molecule has 1 amide bonds. The number of benzene rings is 1. The molecule has 6 nitrogen and oxygen atoms in total. The van der Waals surface area contributed by atoms with Crippen LogP contribution in [-0.4, -0.2) is 28.4 Å². The monoisotopic (exact) mass is 329 g/mol. The zero-order chi connectivity index (χ0) is 16.9. The molecule has 0 spiro atoms. The Morgan fingerprint density at radius 3 is 2.83 bits per heavy atom. The van der Waals surface area contributed by atoms with Crippen LogP contribution in [0.25, 0.3) is 0 Å². The number of hydrogen-bond acceptors (Lipinski definition) is 4. The second kappa shape index (κ2) is 7.38. The van der Waals surface area contributed by atoms with Gasteiger partial charge in [-0.2, -0.15) is 5.10 Å². The van der Waals surface area contributed by atoms with Gasteiger partial charge in [0.25, 0.3) is 0 Å². The second-order valence-electron chi connectivity index (χ2n) is 5.95. The van der Waals surface area contributed by atoms with Gasteiger partial charge in [-0.1, -0.05) is 26.0 Å². The molecule has 128 valence electrons. The van der Waals surface area contributed by atoms with E-state index >= 15 is 0 Å². The molecule has 2 heterocycles. The molecular formula is C18H23N3O3. The molecule has 0 radical (unpaired) electrons. The number of carbonyl (C=O) groups excluding carboxylic acids is 1. The van der Waals surface area contributed by atoms with Crippen molar-refractivity contribution in [3.05, 3.63) is 36.7 Å². The summed E-state index contributed by atoms with van der Waals surface area (Å²) in [4.78, 5) is 12.1. The molecule has 0 bridgehead atoms. The van der Waals surface area contributed by atoms with Crippen molar-refractivity contribution in [1.82, 2.24) is 9.78 Å². The van der Waals surface area contributed by atoms with Crippen molar-refractivity contribution < 1.29 is 14.3 Å². The number of fused-ring (bicyclic) bond motifs is 1. The van der Waals surface area contributed by atoms with Crippen LogP contribution in [0.15, 0.2) is 36.7 Å². The molecule has 1 N–H and O–H groups in total. The van der Waals surface area contributed by atoms with Gasteiger partial charge in [0.2, 0.25) is 5.91 Å². The van der Waals surface area contributed by atoms with Crippen molar-refractivity contribution in [2.75, 3.05) is 11.9 Å². The highest BCUT2D eigenvalue weighted by molar-refractivity contribution is 5.92. The van der Waals surface area contributed by atoms with Gasteiger partial charge in [0.15, 0.2) is 17.6 Å². The number of para-hydroxylation sites is 2. The fourth-order valence-corrected chi connectivity index (χ4v) is 2.79.